The van der Waals surface area contributed by atoms with Crippen LogP contribution in [-0.4, -0.2) is 17.8 Å². The summed E-state index contributed by atoms with van der Waals surface area (Å²) in [5, 5.41) is 9.23. The minimum atomic E-state index is -0.466. The molecule has 1 aromatic rings. The standard InChI is InChI=1S/C7H9BrClNOS/c8-6-2-5(12-7(6)9)1-4(11)3-10/h2,4,11H,1,3,10H2. The Bertz CT molecular complexity index is 246. The van der Waals surface area contributed by atoms with Gasteiger partial charge in [-0.3, -0.25) is 0 Å². The quantitative estimate of drug-likeness (QED) is 0.883. The summed E-state index contributed by atoms with van der Waals surface area (Å²) in [6, 6.07) is 1.91. The minimum absolute atomic E-state index is 0.285. The largest absolute Gasteiger partial charge is 0.391 e. The second-order valence-electron chi connectivity index (χ2n) is 2.43. The van der Waals surface area contributed by atoms with Crippen molar-refractivity contribution in [2.75, 3.05) is 6.54 Å². The molecule has 1 atom stereocenters. The summed E-state index contributed by atoms with van der Waals surface area (Å²) in [4.78, 5) is 1.05. The summed E-state index contributed by atoms with van der Waals surface area (Å²) in [5.41, 5.74) is 5.27. The molecule has 2 nitrogen and oxygen atoms in total. The lowest BCUT2D eigenvalue weighted by molar-refractivity contribution is 0.184. The number of nitrogens with two attached hydrogens (primary N) is 1. The molecule has 0 amide bonds. The van der Waals surface area contributed by atoms with Crippen molar-refractivity contribution >= 4 is 38.9 Å². The first-order valence-corrected chi connectivity index (χ1v) is 5.44. The van der Waals surface area contributed by atoms with Gasteiger partial charge in [0, 0.05) is 22.3 Å². The summed E-state index contributed by atoms with van der Waals surface area (Å²) in [7, 11) is 0. The molecule has 3 N–H and O–H groups in total. The second-order valence-corrected chi connectivity index (χ2v) is 5.02. The van der Waals surface area contributed by atoms with E-state index in [0.29, 0.717) is 10.8 Å². The van der Waals surface area contributed by atoms with Crippen LogP contribution in [0.5, 0.6) is 0 Å². The average molecular weight is 271 g/mol. The Kier molecular flexibility index (Phi) is 3.99. The molecule has 0 aliphatic rings. The first kappa shape index (κ1) is 10.5. The monoisotopic (exact) mass is 269 g/mol. The molecule has 0 bridgehead atoms. The zero-order valence-electron chi connectivity index (χ0n) is 6.26. The molecule has 1 rings (SSSR count). The van der Waals surface area contributed by atoms with Crippen LogP contribution in [0.4, 0.5) is 0 Å². The summed E-state index contributed by atoms with van der Waals surface area (Å²) in [5.74, 6) is 0. The van der Waals surface area contributed by atoms with Crippen LogP contribution in [0, 0.1) is 0 Å². The number of halogens is 2. The van der Waals surface area contributed by atoms with Crippen molar-refractivity contribution in [3.05, 3.63) is 19.8 Å². The third kappa shape index (κ3) is 2.71. The Morgan fingerprint density at radius 2 is 2.42 bits per heavy atom. The maximum absolute atomic E-state index is 9.23. The summed E-state index contributed by atoms with van der Waals surface area (Å²) in [6.45, 7) is 0.285. The van der Waals surface area contributed by atoms with Gasteiger partial charge in [0.1, 0.15) is 4.34 Å². The van der Waals surface area contributed by atoms with Crippen molar-refractivity contribution in [1.29, 1.82) is 0 Å². The average Bonchev–Trinajstić information content (AvgIpc) is 2.31. The Hall–Kier alpha value is 0.390. The molecule has 0 saturated heterocycles. The first-order chi connectivity index (χ1) is 5.63. The van der Waals surface area contributed by atoms with Gasteiger partial charge in [-0.1, -0.05) is 11.6 Å². The molecule has 0 spiro atoms. The maximum atomic E-state index is 9.23. The number of hydrogen-bond donors (Lipinski definition) is 2. The Labute approximate surface area is 88.5 Å². The predicted molar refractivity (Wildman–Crippen MR) is 55.8 cm³/mol. The van der Waals surface area contributed by atoms with Crippen LogP contribution in [-0.2, 0) is 6.42 Å². The van der Waals surface area contributed by atoms with Crippen LogP contribution in [0.25, 0.3) is 0 Å². The molecule has 1 unspecified atom stereocenters. The van der Waals surface area contributed by atoms with Crippen LogP contribution < -0.4 is 5.73 Å². The summed E-state index contributed by atoms with van der Waals surface area (Å²) < 4.78 is 1.60. The Morgan fingerprint density at radius 3 is 2.83 bits per heavy atom. The van der Waals surface area contributed by atoms with Crippen LogP contribution in [0.2, 0.25) is 4.34 Å². The van der Waals surface area contributed by atoms with E-state index in [1.165, 1.54) is 11.3 Å². The molecular weight excluding hydrogens is 262 g/mol. The van der Waals surface area contributed by atoms with Crippen molar-refractivity contribution in [2.24, 2.45) is 5.73 Å². The zero-order chi connectivity index (χ0) is 9.14. The van der Waals surface area contributed by atoms with Gasteiger partial charge in [0.15, 0.2) is 0 Å². The van der Waals surface area contributed by atoms with E-state index in [1.807, 2.05) is 6.07 Å². The minimum Gasteiger partial charge on any atom is -0.391 e. The predicted octanol–water partition coefficient (Wildman–Crippen LogP) is 2.03. The van der Waals surface area contributed by atoms with Gasteiger partial charge in [0.05, 0.1) is 6.10 Å². The third-order valence-corrected chi connectivity index (χ3v) is 3.90. The van der Waals surface area contributed by atoms with Crippen molar-refractivity contribution in [3.63, 3.8) is 0 Å². The van der Waals surface area contributed by atoms with Gasteiger partial charge in [-0.05, 0) is 22.0 Å². The molecule has 1 aromatic heterocycles. The number of thiophene rings is 1. The van der Waals surface area contributed by atoms with Crippen molar-refractivity contribution in [3.8, 4) is 0 Å². The van der Waals surface area contributed by atoms with Crippen LogP contribution >= 0.6 is 38.9 Å². The van der Waals surface area contributed by atoms with E-state index < -0.39 is 6.10 Å². The van der Waals surface area contributed by atoms with E-state index in [0.717, 1.165) is 9.35 Å². The number of rotatable bonds is 3. The SMILES string of the molecule is NCC(O)Cc1cc(Br)c(Cl)s1. The van der Waals surface area contributed by atoms with Gasteiger partial charge in [0.2, 0.25) is 0 Å². The zero-order valence-corrected chi connectivity index (χ0v) is 9.42. The number of aliphatic hydroxyl groups excluding tert-OH is 1. The lowest BCUT2D eigenvalue weighted by atomic mass is 10.2. The normalized spacial score (nSPS) is 13.3. The summed E-state index contributed by atoms with van der Waals surface area (Å²) in [6.07, 6.45) is 0.110. The third-order valence-electron chi connectivity index (χ3n) is 1.41. The fraction of sp³-hybridized carbons (Fsp3) is 0.429. The van der Waals surface area contributed by atoms with Crippen LogP contribution in [0.1, 0.15) is 4.88 Å². The van der Waals surface area contributed by atoms with E-state index in [2.05, 4.69) is 15.9 Å². The lowest BCUT2D eigenvalue weighted by Gasteiger charge is -2.03. The highest BCUT2D eigenvalue weighted by atomic mass is 79.9. The first-order valence-electron chi connectivity index (χ1n) is 3.45. The van der Waals surface area contributed by atoms with Gasteiger partial charge in [-0.15, -0.1) is 11.3 Å². The fourth-order valence-corrected chi connectivity index (χ4v) is 2.67. The van der Waals surface area contributed by atoms with Gasteiger partial charge in [-0.25, -0.2) is 0 Å². The van der Waals surface area contributed by atoms with Crippen LogP contribution in [0.15, 0.2) is 10.5 Å². The number of hydrogen-bond acceptors (Lipinski definition) is 3. The van der Waals surface area contributed by atoms with E-state index in [1.54, 1.807) is 0 Å². The molecular formula is C7H9BrClNOS. The van der Waals surface area contributed by atoms with Crippen molar-refractivity contribution < 1.29 is 5.11 Å². The van der Waals surface area contributed by atoms with Crippen molar-refractivity contribution in [1.82, 2.24) is 0 Å². The fourth-order valence-electron chi connectivity index (χ4n) is 0.808. The maximum Gasteiger partial charge on any atom is 0.107 e. The smallest absolute Gasteiger partial charge is 0.107 e. The molecule has 68 valence electrons. The molecule has 0 aliphatic heterocycles. The topological polar surface area (TPSA) is 46.2 Å². The highest BCUT2D eigenvalue weighted by Crippen LogP contribution is 2.32. The highest BCUT2D eigenvalue weighted by molar-refractivity contribution is 9.10. The Morgan fingerprint density at radius 1 is 1.75 bits per heavy atom. The number of aliphatic hydroxyl groups is 1. The van der Waals surface area contributed by atoms with Gasteiger partial charge in [0.25, 0.3) is 0 Å². The molecule has 0 fully saturated rings. The molecule has 12 heavy (non-hydrogen) atoms. The molecule has 5 heteroatoms. The Balaban J connectivity index is 2.64. The summed E-state index contributed by atoms with van der Waals surface area (Å²) >= 11 is 10.6. The van der Waals surface area contributed by atoms with E-state index in [-0.39, 0.29) is 6.54 Å². The molecule has 0 saturated carbocycles. The molecule has 1 heterocycles. The molecule has 0 aromatic carbocycles. The van der Waals surface area contributed by atoms with E-state index >= 15 is 0 Å². The van der Waals surface area contributed by atoms with E-state index in [4.69, 9.17) is 17.3 Å². The van der Waals surface area contributed by atoms with Gasteiger partial charge < -0.3 is 10.8 Å². The van der Waals surface area contributed by atoms with Gasteiger partial charge >= 0.3 is 0 Å². The van der Waals surface area contributed by atoms with Crippen LogP contribution in [0.3, 0.4) is 0 Å². The van der Waals surface area contributed by atoms with Gasteiger partial charge in [-0.2, -0.15) is 0 Å². The molecule has 0 aliphatic carbocycles. The van der Waals surface area contributed by atoms with Crippen molar-refractivity contribution in [2.45, 2.75) is 12.5 Å². The molecule has 0 radical (unpaired) electrons. The lowest BCUT2D eigenvalue weighted by Crippen LogP contribution is -2.21. The second kappa shape index (κ2) is 4.58. The highest BCUT2D eigenvalue weighted by Gasteiger charge is 2.08. The van der Waals surface area contributed by atoms with E-state index in [9.17, 15) is 5.11 Å².